The van der Waals surface area contributed by atoms with Crippen molar-refractivity contribution < 1.29 is 14.3 Å². The highest BCUT2D eigenvalue weighted by molar-refractivity contribution is 5.96. The van der Waals surface area contributed by atoms with Gasteiger partial charge in [-0.25, -0.2) is 0 Å². The first kappa shape index (κ1) is 12.1. The molecule has 0 aliphatic rings. The summed E-state index contributed by atoms with van der Waals surface area (Å²) in [6, 6.07) is 9.23. The van der Waals surface area contributed by atoms with E-state index in [-0.39, 0.29) is 5.76 Å². The lowest BCUT2D eigenvalue weighted by Crippen LogP contribution is -2.18. The molecule has 0 bridgehead atoms. The van der Waals surface area contributed by atoms with Crippen molar-refractivity contribution in [1.82, 2.24) is 0 Å². The van der Waals surface area contributed by atoms with Gasteiger partial charge < -0.3 is 15.2 Å². The third-order valence-corrected chi connectivity index (χ3v) is 1.96. The van der Waals surface area contributed by atoms with Gasteiger partial charge in [0.15, 0.2) is 5.76 Å². The number of hydrogen-bond acceptors (Lipinski definition) is 3. The van der Waals surface area contributed by atoms with E-state index in [1.165, 1.54) is 7.11 Å². The third kappa shape index (κ3) is 2.76. The van der Waals surface area contributed by atoms with Gasteiger partial charge in [0.05, 0.1) is 13.7 Å². The second kappa shape index (κ2) is 5.80. The number of primary amides is 1. The van der Waals surface area contributed by atoms with E-state index in [1.54, 1.807) is 0 Å². The van der Waals surface area contributed by atoms with Crippen molar-refractivity contribution >= 4 is 11.7 Å². The standard InChI is InChI=1S/C12H15NO3/c1-3-16-10(11(15-2)12(13)14)9-7-5-4-6-8-9/h4-8H,3H2,1-2H3,(H2,13,14)/b11-10+. The third-order valence-electron chi connectivity index (χ3n) is 1.96. The Balaban J connectivity index is 3.22. The van der Waals surface area contributed by atoms with Gasteiger partial charge in [0, 0.05) is 5.56 Å². The summed E-state index contributed by atoms with van der Waals surface area (Å²) < 4.78 is 10.4. The van der Waals surface area contributed by atoms with Crippen LogP contribution in [0.25, 0.3) is 5.76 Å². The summed E-state index contributed by atoms with van der Waals surface area (Å²) in [5.41, 5.74) is 5.98. The molecule has 0 saturated carbocycles. The summed E-state index contributed by atoms with van der Waals surface area (Å²) in [6.07, 6.45) is 0. The molecule has 0 aliphatic carbocycles. The Labute approximate surface area is 94.7 Å². The van der Waals surface area contributed by atoms with Crippen molar-refractivity contribution in [2.75, 3.05) is 13.7 Å². The zero-order chi connectivity index (χ0) is 12.0. The molecule has 1 aromatic rings. The molecule has 0 heterocycles. The minimum absolute atomic E-state index is 0.0352. The second-order valence-corrected chi connectivity index (χ2v) is 3.03. The predicted octanol–water partition coefficient (Wildman–Crippen LogP) is 1.52. The molecule has 4 nitrogen and oxygen atoms in total. The number of benzene rings is 1. The number of nitrogens with two attached hydrogens (primary N) is 1. The minimum Gasteiger partial charge on any atom is -0.489 e. The van der Waals surface area contributed by atoms with Crippen molar-refractivity contribution in [1.29, 1.82) is 0 Å². The highest BCUT2D eigenvalue weighted by Gasteiger charge is 2.16. The zero-order valence-corrected chi connectivity index (χ0v) is 9.40. The Hall–Kier alpha value is -1.97. The van der Waals surface area contributed by atoms with Crippen LogP contribution in [0.5, 0.6) is 0 Å². The van der Waals surface area contributed by atoms with E-state index in [0.29, 0.717) is 12.4 Å². The van der Waals surface area contributed by atoms with E-state index in [1.807, 2.05) is 37.3 Å². The maximum absolute atomic E-state index is 11.2. The molecule has 4 heteroatoms. The summed E-state index contributed by atoms with van der Waals surface area (Å²) in [5, 5.41) is 0. The minimum atomic E-state index is -0.644. The first-order chi connectivity index (χ1) is 7.70. The molecule has 0 aromatic heterocycles. The molecule has 1 aromatic carbocycles. The summed E-state index contributed by atoms with van der Waals surface area (Å²) >= 11 is 0. The van der Waals surface area contributed by atoms with E-state index in [4.69, 9.17) is 15.2 Å². The molecule has 2 N–H and O–H groups in total. The Morgan fingerprint density at radius 3 is 2.38 bits per heavy atom. The number of ether oxygens (including phenoxy) is 2. The summed E-state index contributed by atoms with van der Waals surface area (Å²) in [5.74, 6) is -0.235. The van der Waals surface area contributed by atoms with Gasteiger partial charge in [0.25, 0.3) is 5.91 Å². The second-order valence-electron chi connectivity index (χ2n) is 3.03. The molecule has 0 fully saturated rings. The predicted molar refractivity (Wildman–Crippen MR) is 61.2 cm³/mol. The fraction of sp³-hybridized carbons (Fsp3) is 0.250. The van der Waals surface area contributed by atoms with Crippen LogP contribution in [0.4, 0.5) is 0 Å². The van der Waals surface area contributed by atoms with Gasteiger partial charge >= 0.3 is 0 Å². The zero-order valence-electron chi connectivity index (χ0n) is 9.40. The van der Waals surface area contributed by atoms with E-state index in [9.17, 15) is 4.79 Å². The van der Waals surface area contributed by atoms with Crippen molar-refractivity contribution in [2.45, 2.75) is 6.92 Å². The van der Waals surface area contributed by atoms with Crippen molar-refractivity contribution in [3.63, 3.8) is 0 Å². The van der Waals surface area contributed by atoms with Crippen LogP contribution < -0.4 is 5.73 Å². The molecular weight excluding hydrogens is 206 g/mol. The average Bonchev–Trinajstić information content (AvgIpc) is 2.29. The maximum atomic E-state index is 11.2. The van der Waals surface area contributed by atoms with E-state index < -0.39 is 5.91 Å². The first-order valence-electron chi connectivity index (χ1n) is 4.97. The molecule has 0 spiro atoms. The molecular formula is C12H15NO3. The highest BCUT2D eigenvalue weighted by atomic mass is 16.5. The summed E-state index contributed by atoms with van der Waals surface area (Å²) in [6.45, 7) is 2.27. The lowest BCUT2D eigenvalue weighted by molar-refractivity contribution is -0.117. The van der Waals surface area contributed by atoms with Crippen LogP contribution in [0.3, 0.4) is 0 Å². The SMILES string of the molecule is CCO/C(=C(/OC)C(N)=O)c1ccccc1. The molecule has 0 unspecified atom stereocenters. The van der Waals surface area contributed by atoms with Crippen molar-refractivity contribution in [2.24, 2.45) is 5.73 Å². The van der Waals surface area contributed by atoms with Crippen LogP contribution in [0.1, 0.15) is 12.5 Å². The number of methoxy groups -OCH3 is 1. The Morgan fingerprint density at radius 1 is 1.31 bits per heavy atom. The van der Waals surface area contributed by atoms with Crippen LogP contribution in [0, 0.1) is 0 Å². The van der Waals surface area contributed by atoms with Crippen molar-refractivity contribution in [3.8, 4) is 0 Å². The van der Waals surface area contributed by atoms with Gasteiger partial charge in [-0.3, -0.25) is 4.79 Å². The molecule has 86 valence electrons. The van der Waals surface area contributed by atoms with E-state index in [0.717, 1.165) is 5.56 Å². The quantitative estimate of drug-likeness (QED) is 0.605. The molecule has 0 aliphatic heterocycles. The van der Waals surface area contributed by atoms with Gasteiger partial charge in [-0.2, -0.15) is 0 Å². The number of amides is 1. The Bertz CT molecular complexity index is 385. The van der Waals surface area contributed by atoms with Gasteiger partial charge in [-0.1, -0.05) is 30.3 Å². The molecule has 1 amide bonds. The van der Waals surface area contributed by atoms with E-state index >= 15 is 0 Å². The van der Waals surface area contributed by atoms with Gasteiger partial charge in [0.2, 0.25) is 5.76 Å². The first-order valence-corrected chi connectivity index (χ1v) is 4.97. The van der Waals surface area contributed by atoms with Crippen LogP contribution >= 0.6 is 0 Å². The van der Waals surface area contributed by atoms with Gasteiger partial charge in [-0.15, -0.1) is 0 Å². The largest absolute Gasteiger partial charge is 0.489 e. The fourth-order valence-corrected chi connectivity index (χ4v) is 1.32. The van der Waals surface area contributed by atoms with Crippen LogP contribution in [0.2, 0.25) is 0 Å². The van der Waals surface area contributed by atoms with Gasteiger partial charge in [0.1, 0.15) is 0 Å². The topological polar surface area (TPSA) is 61.6 Å². The highest BCUT2D eigenvalue weighted by Crippen LogP contribution is 2.20. The summed E-state index contributed by atoms with van der Waals surface area (Å²) in [7, 11) is 1.39. The van der Waals surface area contributed by atoms with E-state index in [2.05, 4.69) is 0 Å². The van der Waals surface area contributed by atoms with Crippen LogP contribution in [-0.2, 0) is 14.3 Å². The molecule has 0 saturated heterocycles. The molecule has 1 rings (SSSR count). The maximum Gasteiger partial charge on any atom is 0.287 e. The Kier molecular flexibility index (Phi) is 4.39. The average molecular weight is 221 g/mol. The van der Waals surface area contributed by atoms with Gasteiger partial charge in [-0.05, 0) is 6.92 Å². The lowest BCUT2D eigenvalue weighted by Gasteiger charge is -2.12. The number of carbonyl (C=O) groups is 1. The monoisotopic (exact) mass is 221 g/mol. The number of carbonyl (C=O) groups excluding carboxylic acids is 1. The fourth-order valence-electron chi connectivity index (χ4n) is 1.32. The van der Waals surface area contributed by atoms with Crippen molar-refractivity contribution in [3.05, 3.63) is 41.7 Å². The normalized spacial score (nSPS) is 11.6. The smallest absolute Gasteiger partial charge is 0.287 e. The molecule has 16 heavy (non-hydrogen) atoms. The number of rotatable bonds is 5. The molecule has 0 radical (unpaired) electrons. The number of hydrogen-bond donors (Lipinski definition) is 1. The molecule has 0 atom stereocenters. The Morgan fingerprint density at radius 2 is 1.94 bits per heavy atom. The lowest BCUT2D eigenvalue weighted by atomic mass is 10.1. The van der Waals surface area contributed by atoms with Crippen LogP contribution in [-0.4, -0.2) is 19.6 Å². The van der Waals surface area contributed by atoms with Crippen LogP contribution in [0.15, 0.2) is 36.1 Å². The summed E-state index contributed by atoms with van der Waals surface area (Å²) in [4.78, 5) is 11.2.